The molecule has 0 spiro atoms. The summed E-state index contributed by atoms with van der Waals surface area (Å²) in [4.78, 5) is 14.6. The second-order valence-electron chi connectivity index (χ2n) is 9.06. The Kier molecular flexibility index (Phi) is 6.31. The molecular weight excluding hydrogens is 479 g/mol. The van der Waals surface area contributed by atoms with Gasteiger partial charge in [-0.25, -0.2) is 4.68 Å². The topological polar surface area (TPSA) is 63.1 Å². The Bertz CT molecular complexity index is 1300. The molecule has 3 aromatic rings. The van der Waals surface area contributed by atoms with E-state index in [0.717, 1.165) is 36.6 Å². The fourth-order valence-corrected chi connectivity index (χ4v) is 5.11. The number of nitrogens with zero attached hydrogens (tertiary/aromatic N) is 4. The number of hydrogen-bond acceptors (Lipinski definition) is 4. The van der Waals surface area contributed by atoms with Crippen LogP contribution in [0.25, 0.3) is 16.6 Å². The third-order valence-electron chi connectivity index (χ3n) is 6.86. The smallest absolute Gasteiger partial charge is 0.337 e. The maximum absolute atomic E-state index is 13.7. The molecule has 1 aromatic heterocycles. The normalized spacial score (nSPS) is 19.7. The third kappa shape index (κ3) is 4.67. The molecule has 2 aliphatic rings. The van der Waals surface area contributed by atoms with Crippen LogP contribution in [0.4, 0.5) is 13.2 Å². The van der Waals surface area contributed by atoms with Crippen molar-refractivity contribution < 1.29 is 18.0 Å². The number of carbonyl (C=O) groups excluding carboxylic acids is 1. The van der Waals surface area contributed by atoms with Crippen molar-refractivity contribution in [1.29, 1.82) is 0 Å². The Morgan fingerprint density at radius 2 is 2.06 bits per heavy atom. The zero-order valence-corrected chi connectivity index (χ0v) is 19.9. The minimum atomic E-state index is -4.54. The highest BCUT2D eigenvalue weighted by molar-refractivity contribution is 6.30. The molecule has 1 N–H and O–H groups in total. The Morgan fingerprint density at radius 3 is 2.74 bits per heavy atom. The van der Waals surface area contributed by atoms with Crippen molar-refractivity contribution in [1.82, 2.24) is 25.2 Å². The number of fused-ring (bicyclic) bond motifs is 1. The van der Waals surface area contributed by atoms with E-state index in [9.17, 15) is 18.0 Å². The van der Waals surface area contributed by atoms with E-state index < -0.39 is 17.8 Å². The highest BCUT2D eigenvalue weighted by Crippen LogP contribution is 2.38. The van der Waals surface area contributed by atoms with E-state index in [1.807, 2.05) is 23.1 Å². The number of rotatable bonds is 4. The molecule has 6 nitrogen and oxygen atoms in total. The van der Waals surface area contributed by atoms with Crippen LogP contribution in [-0.4, -0.2) is 51.5 Å². The lowest BCUT2D eigenvalue weighted by Crippen LogP contribution is -2.45. The number of halogens is 4. The van der Waals surface area contributed by atoms with Gasteiger partial charge in [0.05, 0.1) is 23.2 Å². The minimum absolute atomic E-state index is 0.0273. The van der Waals surface area contributed by atoms with E-state index in [4.69, 9.17) is 11.6 Å². The van der Waals surface area contributed by atoms with Crippen LogP contribution in [0.1, 0.15) is 48.9 Å². The lowest BCUT2D eigenvalue weighted by Gasteiger charge is -2.29. The van der Waals surface area contributed by atoms with Crippen molar-refractivity contribution in [2.45, 2.75) is 44.4 Å². The van der Waals surface area contributed by atoms with Crippen LogP contribution in [-0.2, 0) is 11.0 Å². The number of hydrogen-bond donors (Lipinski definition) is 1. The molecule has 3 heterocycles. The van der Waals surface area contributed by atoms with E-state index >= 15 is 0 Å². The molecule has 35 heavy (non-hydrogen) atoms. The molecule has 0 aliphatic carbocycles. The molecule has 1 fully saturated rings. The number of alkyl halides is 3. The zero-order valence-electron chi connectivity index (χ0n) is 19.1. The molecule has 1 saturated heterocycles. The van der Waals surface area contributed by atoms with Crippen molar-refractivity contribution in [2.75, 3.05) is 19.6 Å². The number of carbonyl (C=O) groups is 1. The molecule has 0 bridgehead atoms. The number of aromatic nitrogens is 3. The van der Waals surface area contributed by atoms with Gasteiger partial charge in [-0.2, -0.15) is 13.2 Å². The largest absolute Gasteiger partial charge is 0.416 e. The highest BCUT2D eigenvalue weighted by Gasteiger charge is 2.35. The van der Waals surface area contributed by atoms with Crippen molar-refractivity contribution in [3.05, 3.63) is 64.2 Å². The summed E-state index contributed by atoms with van der Waals surface area (Å²) in [5, 5.41) is 11.6. The first-order valence-electron chi connectivity index (χ1n) is 11.7. The molecule has 2 aliphatic heterocycles. The second kappa shape index (κ2) is 9.28. The van der Waals surface area contributed by atoms with E-state index in [1.165, 1.54) is 16.8 Å². The van der Waals surface area contributed by atoms with Gasteiger partial charge in [-0.05, 0) is 73.7 Å². The highest BCUT2D eigenvalue weighted by atomic mass is 35.5. The number of amides is 1. The van der Waals surface area contributed by atoms with Crippen LogP contribution in [0.3, 0.4) is 0 Å². The first-order chi connectivity index (χ1) is 16.7. The van der Waals surface area contributed by atoms with E-state index in [2.05, 4.69) is 21.7 Å². The first kappa shape index (κ1) is 23.8. The molecule has 2 aromatic carbocycles. The summed E-state index contributed by atoms with van der Waals surface area (Å²) in [6, 6.07) is 8.67. The molecule has 10 heteroatoms. The summed E-state index contributed by atoms with van der Waals surface area (Å²) >= 11 is 5.85. The predicted octanol–water partition coefficient (Wildman–Crippen LogP) is 5.08. The van der Waals surface area contributed by atoms with E-state index in [1.54, 1.807) is 6.92 Å². The molecule has 2 unspecified atom stereocenters. The molecule has 2 atom stereocenters. The molecule has 0 saturated carbocycles. The van der Waals surface area contributed by atoms with Gasteiger partial charge < -0.3 is 10.2 Å². The standard InChI is InChI=1S/C25H25ClF3N5O/c1-15(19-6-5-18(26)14-20(19)25(27,28)29)34-23-13-17(4-7-21(23)31-32-34)16-8-11-33(12-9-16)24(35)22-3-2-10-30-22/h4-8,13-15,22,30H,2-3,9-12H2,1H3. The predicted molar refractivity (Wildman–Crippen MR) is 128 cm³/mol. The van der Waals surface area contributed by atoms with E-state index in [0.29, 0.717) is 30.5 Å². The van der Waals surface area contributed by atoms with Gasteiger partial charge >= 0.3 is 6.18 Å². The Morgan fingerprint density at radius 1 is 1.23 bits per heavy atom. The van der Waals surface area contributed by atoms with Gasteiger partial charge in [0, 0.05) is 18.1 Å². The van der Waals surface area contributed by atoms with Gasteiger partial charge in [-0.15, -0.1) is 5.10 Å². The summed E-state index contributed by atoms with van der Waals surface area (Å²) in [6.45, 7) is 3.72. The van der Waals surface area contributed by atoms with Crippen LogP contribution in [0.15, 0.2) is 42.5 Å². The molecular formula is C25H25ClF3N5O. The quantitative estimate of drug-likeness (QED) is 0.539. The molecule has 184 valence electrons. The summed E-state index contributed by atoms with van der Waals surface area (Å²) in [5.74, 6) is 0.146. The first-order valence-corrected chi connectivity index (χ1v) is 12.0. The zero-order chi connectivity index (χ0) is 24.7. The van der Waals surface area contributed by atoms with Crippen molar-refractivity contribution >= 4 is 34.1 Å². The summed E-state index contributed by atoms with van der Waals surface area (Å²) in [6.07, 6.45) is 0.111. The summed E-state index contributed by atoms with van der Waals surface area (Å²) in [5.41, 5.74) is 2.58. The van der Waals surface area contributed by atoms with Crippen molar-refractivity contribution in [3.63, 3.8) is 0 Å². The van der Waals surface area contributed by atoms with Crippen LogP contribution in [0.5, 0.6) is 0 Å². The van der Waals surface area contributed by atoms with Gasteiger partial charge in [0.2, 0.25) is 5.91 Å². The lowest BCUT2D eigenvalue weighted by molar-refractivity contribution is -0.138. The van der Waals surface area contributed by atoms with Crippen LogP contribution in [0.2, 0.25) is 5.02 Å². The van der Waals surface area contributed by atoms with Crippen molar-refractivity contribution in [2.24, 2.45) is 0 Å². The molecule has 0 radical (unpaired) electrons. The van der Waals surface area contributed by atoms with Gasteiger partial charge in [0.1, 0.15) is 5.52 Å². The maximum atomic E-state index is 13.7. The Hall–Kier alpha value is -2.91. The molecule has 5 rings (SSSR count). The minimum Gasteiger partial charge on any atom is -0.337 e. The Labute approximate surface area is 205 Å². The molecule has 1 amide bonds. The van der Waals surface area contributed by atoms with Crippen LogP contribution in [0, 0.1) is 0 Å². The third-order valence-corrected chi connectivity index (χ3v) is 7.09. The van der Waals surface area contributed by atoms with Crippen molar-refractivity contribution in [3.8, 4) is 0 Å². The lowest BCUT2D eigenvalue weighted by atomic mass is 9.98. The number of benzene rings is 2. The fraction of sp³-hybridized carbons (Fsp3) is 0.400. The van der Waals surface area contributed by atoms with Gasteiger partial charge in [-0.3, -0.25) is 4.79 Å². The van der Waals surface area contributed by atoms with Gasteiger partial charge in [0.15, 0.2) is 0 Å². The Balaban J connectivity index is 1.43. The van der Waals surface area contributed by atoms with E-state index in [-0.39, 0.29) is 22.5 Å². The average molecular weight is 504 g/mol. The summed E-state index contributed by atoms with van der Waals surface area (Å²) in [7, 11) is 0. The fourth-order valence-electron chi connectivity index (χ4n) is 4.94. The van der Waals surface area contributed by atoms with Crippen LogP contribution < -0.4 is 5.32 Å². The van der Waals surface area contributed by atoms with Gasteiger partial charge in [-0.1, -0.05) is 35.0 Å². The SMILES string of the molecule is CC(c1ccc(Cl)cc1C(F)(F)F)n1nnc2ccc(C3=CCN(C(=O)C4CCCN4)CC3)cc21. The summed E-state index contributed by atoms with van der Waals surface area (Å²) < 4.78 is 42.6. The van der Waals surface area contributed by atoms with Crippen LogP contribution >= 0.6 is 11.6 Å². The van der Waals surface area contributed by atoms with Gasteiger partial charge in [0.25, 0.3) is 0 Å². The maximum Gasteiger partial charge on any atom is 0.416 e. The number of nitrogens with one attached hydrogen (secondary N) is 1. The second-order valence-corrected chi connectivity index (χ2v) is 9.49. The monoisotopic (exact) mass is 503 g/mol. The average Bonchev–Trinajstić information content (AvgIpc) is 3.53.